The normalized spacial score (nSPS) is 11.2. The minimum atomic E-state index is -4.55. The van der Waals surface area contributed by atoms with E-state index in [-0.39, 0.29) is 5.69 Å². The molecule has 26 heavy (non-hydrogen) atoms. The third-order valence-corrected chi connectivity index (χ3v) is 3.13. The molecule has 2 aromatic carbocycles. The number of benzene rings is 2. The summed E-state index contributed by atoms with van der Waals surface area (Å²) in [6, 6.07) is 10.7. The Kier molecular flexibility index (Phi) is 5.94. The SMILES string of the molecule is COc1cccc(/C=N\NC(=O)C(=O)Nc2cccc(C(F)(F)F)c2)c1. The Labute approximate surface area is 146 Å². The van der Waals surface area contributed by atoms with Crippen LogP contribution in [0.4, 0.5) is 18.9 Å². The molecule has 9 heteroatoms. The van der Waals surface area contributed by atoms with Crippen LogP contribution in [0.15, 0.2) is 53.6 Å². The minimum Gasteiger partial charge on any atom is -0.497 e. The number of halogens is 3. The predicted octanol–water partition coefficient (Wildman–Crippen LogP) is 2.80. The molecule has 0 aliphatic carbocycles. The minimum absolute atomic E-state index is 0.156. The van der Waals surface area contributed by atoms with Crippen molar-refractivity contribution in [2.75, 3.05) is 12.4 Å². The summed E-state index contributed by atoms with van der Waals surface area (Å²) in [6.45, 7) is 0. The van der Waals surface area contributed by atoms with Gasteiger partial charge in [-0.1, -0.05) is 18.2 Å². The third kappa shape index (κ3) is 5.33. The number of amides is 2. The van der Waals surface area contributed by atoms with Crippen molar-refractivity contribution in [3.05, 3.63) is 59.7 Å². The van der Waals surface area contributed by atoms with Crippen LogP contribution in [0.5, 0.6) is 5.75 Å². The fraction of sp³-hybridized carbons (Fsp3) is 0.118. The second-order valence-corrected chi connectivity index (χ2v) is 5.01. The van der Waals surface area contributed by atoms with Gasteiger partial charge in [0, 0.05) is 5.69 Å². The Balaban J connectivity index is 1.95. The number of methoxy groups -OCH3 is 1. The molecule has 0 aromatic heterocycles. The quantitative estimate of drug-likeness (QED) is 0.497. The van der Waals surface area contributed by atoms with Crippen molar-refractivity contribution < 1.29 is 27.5 Å². The number of rotatable bonds is 4. The molecule has 2 aromatic rings. The van der Waals surface area contributed by atoms with E-state index in [2.05, 4.69) is 10.4 Å². The Bertz CT molecular complexity index is 835. The number of anilines is 1. The van der Waals surface area contributed by atoms with E-state index in [0.717, 1.165) is 18.2 Å². The van der Waals surface area contributed by atoms with Crippen molar-refractivity contribution in [1.29, 1.82) is 0 Å². The lowest BCUT2D eigenvalue weighted by Crippen LogP contribution is -2.32. The van der Waals surface area contributed by atoms with E-state index in [0.29, 0.717) is 11.3 Å². The van der Waals surface area contributed by atoms with Gasteiger partial charge in [0.25, 0.3) is 0 Å². The van der Waals surface area contributed by atoms with Crippen molar-refractivity contribution in [3.8, 4) is 5.75 Å². The Morgan fingerprint density at radius 1 is 1.08 bits per heavy atom. The highest BCUT2D eigenvalue weighted by molar-refractivity contribution is 6.39. The summed E-state index contributed by atoms with van der Waals surface area (Å²) in [5.74, 6) is -1.68. The van der Waals surface area contributed by atoms with Gasteiger partial charge in [-0.05, 0) is 35.9 Å². The summed E-state index contributed by atoms with van der Waals surface area (Å²) < 4.78 is 42.9. The van der Waals surface area contributed by atoms with E-state index in [9.17, 15) is 22.8 Å². The summed E-state index contributed by atoms with van der Waals surface area (Å²) in [6.07, 6.45) is -3.26. The van der Waals surface area contributed by atoms with Gasteiger partial charge in [0.1, 0.15) is 5.75 Å². The van der Waals surface area contributed by atoms with Crippen molar-refractivity contribution in [3.63, 3.8) is 0 Å². The standard InChI is InChI=1S/C17H14F3N3O3/c1-26-14-7-2-4-11(8-14)10-21-23-16(25)15(24)22-13-6-3-5-12(9-13)17(18,19)20/h2-10H,1H3,(H,22,24)(H,23,25)/b21-10-. The Morgan fingerprint density at radius 3 is 2.50 bits per heavy atom. The van der Waals surface area contributed by atoms with E-state index >= 15 is 0 Å². The average molecular weight is 365 g/mol. The largest absolute Gasteiger partial charge is 0.497 e. The molecule has 2 N–H and O–H groups in total. The molecule has 0 heterocycles. The molecule has 2 rings (SSSR count). The molecule has 0 spiro atoms. The highest BCUT2D eigenvalue weighted by Crippen LogP contribution is 2.30. The lowest BCUT2D eigenvalue weighted by atomic mass is 10.2. The van der Waals surface area contributed by atoms with Crippen LogP contribution in [0.2, 0.25) is 0 Å². The van der Waals surface area contributed by atoms with Crippen LogP contribution >= 0.6 is 0 Å². The third-order valence-electron chi connectivity index (χ3n) is 3.13. The molecule has 0 bridgehead atoms. The van der Waals surface area contributed by atoms with Gasteiger partial charge in [0.15, 0.2) is 0 Å². The maximum atomic E-state index is 12.6. The maximum Gasteiger partial charge on any atom is 0.416 e. The van der Waals surface area contributed by atoms with Crippen LogP contribution in [0.1, 0.15) is 11.1 Å². The molecule has 0 fully saturated rings. The highest BCUT2D eigenvalue weighted by Gasteiger charge is 2.30. The van der Waals surface area contributed by atoms with Crippen molar-refractivity contribution in [1.82, 2.24) is 5.43 Å². The lowest BCUT2D eigenvalue weighted by molar-refractivity contribution is -0.137. The number of carbonyl (C=O) groups is 2. The second-order valence-electron chi connectivity index (χ2n) is 5.01. The number of nitrogens with zero attached hydrogens (tertiary/aromatic N) is 1. The lowest BCUT2D eigenvalue weighted by Gasteiger charge is -2.09. The summed E-state index contributed by atoms with van der Waals surface area (Å²) in [5, 5.41) is 5.69. The molecular weight excluding hydrogens is 351 g/mol. The number of hydrogen-bond donors (Lipinski definition) is 2. The molecule has 6 nitrogen and oxygen atoms in total. The number of hydrogen-bond acceptors (Lipinski definition) is 4. The van der Waals surface area contributed by atoms with Gasteiger partial charge < -0.3 is 10.1 Å². The Hall–Kier alpha value is -3.36. The van der Waals surface area contributed by atoms with E-state index in [4.69, 9.17) is 4.74 Å². The number of hydrazone groups is 1. The van der Waals surface area contributed by atoms with Gasteiger partial charge in [0.2, 0.25) is 0 Å². The fourth-order valence-electron chi connectivity index (χ4n) is 1.90. The van der Waals surface area contributed by atoms with Crippen LogP contribution in [0, 0.1) is 0 Å². The van der Waals surface area contributed by atoms with Crippen LogP contribution in [-0.4, -0.2) is 25.1 Å². The van der Waals surface area contributed by atoms with Crippen molar-refractivity contribution in [2.24, 2.45) is 5.10 Å². The summed E-state index contributed by atoms with van der Waals surface area (Å²) in [7, 11) is 1.50. The molecule has 0 unspecified atom stereocenters. The van der Waals surface area contributed by atoms with E-state index in [1.807, 2.05) is 5.43 Å². The van der Waals surface area contributed by atoms with Crippen molar-refractivity contribution >= 4 is 23.7 Å². The first-order valence-corrected chi connectivity index (χ1v) is 7.25. The van der Waals surface area contributed by atoms with Crippen LogP contribution in [0.3, 0.4) is 0 Å². The van der Waals surface area contributed by atoms with E-state index in [1.54, 1.807) is 24.3 Å². The topological polar surface area (TPSA) is 79.8 Å². The molecular formula is C17H14F3N3O3. The number of carbonyl (C=O) groups excluding carboxylic acids is 2. The molecule has 136 valence electrons. The fourth-order valence-corrected chi connectivity index (χ4v) is 1.90. The maximum absolute atomic E-state index is 12.6. The molecule has 0 atom stereocenters. The van der Waals surface area contributed by atoms with E-state index < -0.39 is 23.6 Å². The zero-order chi connectivity index (χ0) is 19.2. The van der Waals surface area contributed by atoms with Crippen LogP contribution in [-0.2, 0) is 15.8 Å². The zero-order valence-corrected chi connectivity index (χ0v) is 13.5. The smallest absolute Gasteiger partial charge is 0.416 e. The number of ether oxygens (including phenoxy) is 1. The molecule has 0 saturated carbocycles. The second kappa shape index (κ2) is 8.15. The Morgan fingerprint density at radius 2 is 1.81 bits per heavy atom. The molecule has 0 saturated heterocycles. The predicted molar refractivity (Wildman–Crippen MR) is 88.8 cm³/mol. The van der Waals surface area contributed by atoms with Gasteiger partial charge >= 0.3 is 18.0 Å². The van der Waals surface area contributed by atoms with Gasteiger partial charge in [-0.25, -0.2) is 5.43 Å². The van der Waals surface area contributed by atoms with Crippen LogP contribution in [0.25, 0.3) is 0 Å². The summed E-state index contributed by atoms with van der Waals surface area (Å²) in [5.41, 5.74) is 1.51. The zero-order valence-electron chi connectivity index (χ0n) is 13.5. The van der Waals surface area contributed by atoms with Gasteiger partial charge in [-0.3, -0.25) is 9.59 Å². The molecule has 2 amide bonds. The molecule has 0 radical (unpaired) electrons. The van der Waals surface area contributed by atoms with Gasteiger partial charge in [-0.15, -0.1) is 0 Å². The van der Waals surface area contributed by atoms with Gasteiger partial charge in [-0.2, -0.15) is 18.3 Å². The first-order valence-electron chi connectivity index (χ1n) is 7.25. The first-order chi connectivity index (χ1) is 12.3. The molecule has 0 aliphatic heterocycles. The highest BCUT2D eigenvalue weighted by atomic mass is 19.4. The average Bonchev–Trinajstić information content (AvgIpc) is 2.61. The molecule has 0 aliphatic rings. The monoisotopic (exact) mass is 365 g/mol. The summed E-state index contributed by atoms with van der Waals surface area (Å²) in [4.78, 5) is 23.4. The van der Waals surface area contributed by atoms with Crippen LogP contribution < -0.4 is 15.5 Å². The summed E-state index contributed by atoms with van der Waals surface area (Å²) >= 11 is 0. The number of alkyl halides is 3. The van der Waals surface area contributed by atoms with Crippen molar-refractivity contribution in [2.45, 2.75) is 6.18 Å². The van der Waals surface area contributed by atoms with E-state index in [1.165, 1.54) is 19.4 Å². The van der Waals surface area contributed by atoms with Gasteiger partial charge in [0.05, 0.1) is 18.9 Å². The number of nitrogens with one attached hydrogen (secondary N) is 2. The first kappa shape index (κ1) is 19.0.